The van der Waals surface area contributed by atoms with Crippen LogP contribution in [-0.4, -0.2) is 71.8 Å². The molecular weight excluding hydrogens is 450 g/mol. The van der Waals surface area contributed by atoms with E-state index in [0.29, 0.717) is 44.3 Å². The van der Waals surface area contributed by atoms with Crippen molar-refractivity contribution in [2.45, 2.75) is 57.8 Å². The summed E-state index contributed by atoms with van der Waals surface area (Å²) < 4.78 is 26.5. The van der Waals surface area contributed by atoms with Crippen molar-refractivity contribution in [3.63, 3.8) is 0 Å². The Morgan fingerprint density at radius 3 is 2.63 bits per heavy atom. The smallest absolute Gasteiger partial charge is 0.257 e. The minimum atomic E-state index is -2.66. The molecule has 1 saturated carbocycles. The standard InChI is InChI=1S/C27H36F2N4O2/c1-26(28,29)18-32-8-3-19(4-9-32)12-24(34)33-10-5-27(6-11-33)15-23(27)17-31-25(35)21-13-20-2-7-30-16-22(20)14-21/h2,7,14,16,19,23H,3-6,8-13,15,17-18H2,1H3,(H,31,35). The van der Waals surface area contributed by atoms with Crippen molar-refractivity contribution in [1.82, 2.24) is 20.1 Å². The molecule has 8 heteroatoms. The van der Waals surface area contributed by atoms with Gasteiger partial charge in [-0.3, -0.25) is 19.5 Å². The summed E-state index contributed by atoms with van der Waals surface area (Å²) in [7, 11) is 0. The Labute approximate surface area is 206 Å². The summed E-state index contributed by atoms with van der Waals surface area (Å²) in [4.78, 5) is 33.5. The number of amides is 2. The molecule has 3 heterocycles. The van der Waals surface area contributed by atoms with Crippen LogP contribution in [0.2, 0.25) is 0 Å². The van der Waals surface area contributed by atoms with Gasteiger partial charge in [-0.25, -0.2) is 8.78 Å². The normalized spacial score (nSPS) is 24.3. The third kappa shape index (κ3) is 5.74. The molecule has 5 rings (SSSR count). The predicted octanol–water partition coefficient (Wildman–Crippen LogP) is 3.52. The lowest BCUT2D eigenvalue weighted by atomic mass is 9.89. The maximum absolute atomic E-state index is 13.2. The van der Waals surface area contributed by atoms with Crippen LogP contribution in [0.25, 0.3) is 6.08 Å². The highest BCUT2D eigenvalue weighted by molar-refractivity contribution is 6.00. The molecule has 2 aliphatic carbocycles. The van der Waals surface area contributed by atoms with Gasteiger partial charge in [-0.05, 0) is 85.7 Å². The Kier molecular flexibility index (Phi) is 6.68. The van der Waals surface area contributed by atoms with Gasteiger partial charge in [0.15, 0.2) is 0 Å². The van der Waals surface area contributed by atoms with Crippen LogP contribution < -0.4 is 5.32 Å². The summed E-state index contributed by atoms with van der Waals surface area (Å²) in [6, 6.07) is 1.97. The van der Waals surface area contributed by atoms with Crippen LogP contribution in [0.4, 0.5) is 8.78 Å². The van der Waals surface area contributed by atoms with E-state index in [1.807, 2.05) is 21.9 Å². The van der Waals surface area contributed by atoms with Gasteiger partial charge in [-0.15, -0.1) is 0 Å². The predicted molar refractivity (Wildman–Crippen MR) is 130 cm³/mol. The van der Waals surface area contributed by atoms with Crippen LogP contribution in [0.5, 0.6) is 0 Å². The molecule has 1 aromatic heterocycles. The number of likely N-dealkylation sites (tertiary alicyclic amines) is 2. The van der Waals surface area contributed by atoms with Gasteiger partial charge < -0.3 is 10.2 Å². The molecule has 0 aromatic carbocycles. The van der Waals surface area contributed by atoms with E-state index < -0.39 is 5.92 Å². The third-order valence-corrected chi connectivity index (χ3v) is 8.60. The molecular formula is C27H36F2N4O2. The fourth-order valence-electron chi connectivity index (χ4n) is 6.30. The van der Waals surface area contributed by atoms with Crippen LogP contribution in [0.15, 0.2) is 24.0 Å². The molecule has 1 spiro atoms. The second-order valence-electron chi connectivity index (χ2n) is 11.3. The number of rotatable bonds is 7. The highest BCUT2D eigenvalue weighted by atomic mass is 19.3. The molecule has 1 unspecified atom stereocenters. The largest absolute Gasteiger partial charge is 0.352 e. The van der Waals surface area contributed by atoms with Crippen LogP contribution in [-0.2, 0) is 16.0 Å². The highest BCUT2D eigenvalue weighted by Crippen LogP contribution is 2.59. The van der Waals surface area contributed by atoms with Crippen molar-refractivity contribution >= 4 is 17.9 Å². The Morgan fingerprint density at radius 1 is 1.20 bits per heavy atom. The van der Waals surface area contributed by atoms with Gasteiger partial charge in [0.05, 0.1) is 6.54 Å². The van der Waals surface area contributed by atoms with Gasteiger partial charge in [-0.2, -0.15) is 0 Å². The number of nitrogens with one attached hydrogen (secondary N) is 1. The lowest BCUT2D eigenvalue weighted by molar-refractivity contribution is -0.134. The quantitative estimate of drug-likeness (QED) is 0.641. The number of nitrogens with zero attached hydrogens (tertiary/aromatic N) is 3. The van der Waals surface area contributed by atoms with Crippen LogP contribution in [0.3, 0.4) is 0 Å². The first kappa shape index (κ1) is 24.3. The Hall–Kier alpha value is -2.35. The first-order valence-electron chi connectivity index (χ1n) is 13.0. The zero-order chi connectivity index (χ0) is 24.6. The van der Waals surface area contributed by atoms with E-state index in [1.165, 1.54) is 0 Å². The first-order valence-corrected chi connectivity index (χ1v) is 13.0. The van der Waals surface area contributed by atoms with Gasteiger partial charge in [0, 0.05) is 57.4 Å². The molecule has 0 radical (unpaired) electrons. The molecule has 0 bridgehead atoms. The first-order chi connectivity index (χ1) is 16.7. The molecule has 2 amide bonds. The summed E-state index contributed by atoms with van der Waals surface area (Å²) in [5.74, 6) is -1.63. The number of carbonyl (C=O) groups is 2. The molecule has 1 atom stereocenters. The topological polar surface area (TPSA) is 65.5 Å². The summed E-state index contributed by atoms with van der Waals surface area (Å²) >= 11 is 0. The van der Waals surface area contributed by atoms with E-state index in [0.717, 1.165) is 68.8 Å². The van der Waals surface area contributed by atoms with Crippen LogP contribution in [0, 0.1) is 17.3 Å². The molecule has 190 valence electrons. The van der Waals surface area contributed by atoms with Crippen molar-refractivity contribution in [3.8, 4) is 0 Å². The van der Waals surface area contributed by atoms with Crippen molar-refractivity contribution in [3.05, 3.63) is 35.2 Å². The molecule has 4 aliphatic rings. The van der Waals surface area contributed by atoms with Gasteiger partial charge in [-0.1, -0.05) is 0 Å². The number of hydrogen-bond acceptors (Lipinski definition) is 4. The summed E-state index contributed by atoms with van der Waals surface area (Å²) in [5.41, 5.74) is 3.26. The molecule has 2 saturated heterocycles. The van der Waals surface area contributed by atoms with E-state index in [2.05, 4.69) is 10.3 Å². The number of halogens is 2. The summed E-state index contributed by atoms with van der Waals surface area (Å²) in [6.45, 7) is 4.36. The van der Waals surface area contributed by atoms with Crippen molar-refractivity contribution < 1.29 is 18.4 Å². The molecule has 1 N–H and O–H groups in total. The van der Waals surface area contributed by atoms with Crippen LogP contribution >= 0.6 is 0 Å². The SMILES string of the molecule is CC(F)(F)CN1CCC(CC(=O)N2CCC3(CC2)CC3CNC(=O)C2=Cc3cnccc3C2)CC1. The zero-order valence-electron chi connectivity index (χ0n) is 20.6. The Balaban J connectivity index is 1.01. The minimum absolute atomic E-state index is 0.0181. The Bertz CT molecular complexity index is 989. The van der Waals surface area contributed by atoms with E-state index in [-0.39, 0.29) is 23.8 Å². The second kappa shape index (κ2) is 9.60. The van der Waals surface area contributed by atoms with Crippen molar-refractivity contribution in [2.75, 3.05) is 39.3 Å². The van der Waals surface area contributed by atoms with Crippen molar-refractivity contribution in [2.24, 2.45) is 17.3 Å². The van der Waals surface area contributed by atoms with E-state index >= 15 is 0 Å². The number of alkyl halides is 2. The number of hydrogen-bond donors (Lipinski definition) is 1. The van der Waals surface area contributed by atoms with Crippen LogP contribution in [0.1, 0.15) is 56.6 Å². The molecule has 6 nitrogen and oxygen atoms in total. The maximum atomic E-state index is 13.2. The molecule has 2 aliphatic heterocycles. The van der Waals surface area contributed by atoms with E-state index in [1.54, 1.807) is 12.4 Å². The number of aromatic nitrogens is 1. The summed E-state index contributed by atoms with van der Waals surface area (Å²) in [5, 5.41) is 3.14. The van der Waals surface area contributed by atoms with Gasteiger partial charge >= 0.3 is 0 Å². The molecule has 35 heavy (non-hydrogen) atoms. The maximum Gasteiger partial charge on any atom is 0.257 e. The lowest BCUT2D eigenvalue weighted by Crippen LogP contribution is -2.43. The van der Waals surface area contributed by atoms with Gasteiger partial charge in [0.25, 0.3) is 5.92 Å². The number of piperidine rings is 2. The fraction of sp³-hybridized carbons (Fsp3) is 0.667. The second-order valence-corrected chi connectivity index (χ2v) is 11.3. The van der Waals surface area contributed by atoms with Crippen molar-refractivity contribution in [1.29, 1.82) is 0 Å². The highest BCUT2D eigenvalue weighted by Gasteiger charge is 2.54. The number of carbonyl (C=O) groups excluding carboxylic acids is 2. The van der Waals surface area contributed by atoms with Gasteiger partial charge in [0.1, 0.15) is 0 Å². The average Bonchev–Trinajstić information content (AvgIpc) is 3.29. The molecule has 1 aromatic rings. The number of fused-ring (bicyclic) bond motifs is 1. The third-order valence-electron chi connectivity index (χ3n) is 8.60. The minimum Gasteiger partial charge on any atom is -0.352 e. The van der Waals surface area contributed by atoms with E-state index in [4.69, 9.17) is 0 Å². The van der Waals surface area contributed by atoms with Gasteiger partial charge in [0.2, 0.25) is 11.8 Å². The lowest BCUT2D eigenvalue weighted by Gasteiger charge is -2.36. The van der Waals surface area contributed by atoms with E-state index in [9.17, 15) is 18.4 Å². The number of pyridine rings is 1. The Morgan fingerprint density at radius 2 is 1.94 bits per heavy atom. The monoisotopic (exact) mass is 486 g/mol. The molecule has 3 fully saturated rings. The zero-order valence-corrected chi connectivity index (χ0v) is 20.6. The fourth-order valence-corrected chi connectivity index (χ4v) is 6.30. The summed E-state index contributed by atoms with van der Waals surface area (Å²) in [6.07, 6.45) is 11.5. The average molecular weight is 487 g/mol.